The molecule has 2 unspecified atom stereocenters. The van der Waals surface area contributed by atoms with Crippen molar-refractivity contribution in [1.29, 1.82) is 0 Å². The second-order valence-electron chi connectivity index (χ2n) is 10.6. The Hall–Kier alpha value is -3.40. The first-order valence-electron chi connectivity index (χ1n) is 13.5. The highest BCUT2D eigenvalue weighted by Crippen LogP contribution is 2.19. The second kappa shape index (κ2) is 15.9. The predicted molar refractivity (Wildman–Crippen MR) is 148 cm³/mol. The number of hydroxylamine groups is 2. The SMILES string of the molecule is CON(C)C(=O)[C@@H]1CC(C(=O)N(C)C)C/C=C/CCC(Cc2ccccc2)OC(=O)N[C@H](CC(C)C)C(=O)N1. The van der Waals surface area contributed by atoms with Gasteiger partial charge in [-0.3, -0.25) is 19.2 Å². The lowest BCUT2D eigenvalue weighted by Gasteiger charge is -2.29. The lowest BCUT2D eigenvalue weighted by atomic mass is 9.93. The Morgan fingerprint density at radius 1 is 1.05 bits per heavy atom. The zero-order valence-corrected chi connectivity index (χ0v) is 24.0. The second-order valence-corrected chi connectivity index (χ2v) is 10.6. The number of hydrogen-bond donors (Lipinski definition) is 2. The van der Waals surface area contributed by atoms with Crippen molar-refractivity contribution in [3.63, 3.8) is 0 Å². The van der Waals surface area contributed by atoms with Crippen LogP contribution in [0.4, 0.5) is 4.79 Å². The number of allylic oxidation sites excluding steroid dienone is 2. The fourth-order valence-corrected chi connectivity index (χ4v) is 4.52. The minimum Gasteiger partial charge on any atom is -0.446 e. The van der Waals surface area contributed by atoms with Gasteiger partial charge < -0.3 is 20.3 Å². The van der Waals surface area contributed by atoms with Crippen LogP contribution in [0.1, 0.15) is 51.5 Å². The van der Waals surface area contributed by atoms with Crippen LogP contribution in [-0.2, 0) is 30.4 Å². The van der Waals surface area contributed by atoms with E-state index in [2.05, 4.69) is 10.6 Å². The summed E-state index contributed by atoms with van der Waals surface area (Å²) < 4.78 is 5.79. The Morgan fingerprint density at radius 2 is 1.74 bits per heavy atom. The number of cyclic esters (lactones) is 1. The molecule has 0 aliphatic carbocycles. The summed E-state index contributed by atoms with van der Waals surface area (Å²) in [7, 11) is 6.12. The third-order valence-corrected chi connectivity index (χ3v) is 6.65. The van der Waals surface area contributed by atoms with Crippen LogP contribution in [0.15, 0.2) is 42.5 Å². The number of benzene rings is 1. The molecule has 0 saturated carbocycles. The highest BCUT2D eigenvalue weighted by molar-refractivity contribution is 5.91. The van der Waals surface area contributed by atoms with Crippen LogP contribution in [0.5, 0.6) is 0 Å². The van der Waals surface area contributed by atoms with Crippen molar-refractivity contribution >= 4 is 23.8 Å². The molecule has 1 aliphatic rings. The fraction of sp³-hybridized carbons (Fsp3) is 0.586. The molecule has 0 saturated heterocycles. The zero-order valence-electron chi connectivity index (χ0n) is 24.0. The van der Waals surface area contributed by atoms with E-state index in [-0.39, 0.29) is 18.2 Å². The quantitative estimate of drug-likeness (QED) is 0.403. The summed E-state index contributed by atoms with van der Waals surface area (Å²) in [6.45, 7) is 3.87. The van der Waals surface area contributed by atoms with E-state index in [4.69, 9.17) is 9.57 Å². The molecule has 2 rings (SSSR count). The summed E-state index contributed by atoms with van der Waals surface area (Å²) in [6.07, 6.45) is 5.34. The zero-order chi connectivity index (χ0) is 28.9. The third-order valence-electron chi connectivity index (χ3n) is 6.65. The van der Waals surface area contributed by atoms with E-state index in [0.29, 0.717) is 32.1 Å². The Kier molecular flexibility index (Phi) is 13.0. The largest absolute Gasteiger partial charge is 0.446 e. The van der Waals surface area contributed by atoms with Crippen molar-refractivity contribution in [1.82, 2.24) is 20.6 Å². The molecule has 39 heavy (non-hydrogen) atoms. The number of nitrogens with one attached hydrogen (secondary N) is 2. The minimum atomic E-state index is -1.03. The number of rotatable bonds is 7. The van der Waals surface area contributed by atoms with Gasteiger partial charge in [0, 0.05) is 33.5 Å². The van der Waals surface area contributed by atoms with E-state index in [1.54, 1.807) is 14.1 Å². The van der Waals surface area contributed by atoms with Gasteiger partial charge in [0.05, 0.1) is 7.11 Å². The van der Waals surface area contributed by atoms with Crippen molar-refractivity contribution in [2.24, 2.45) is 11.8 Å². The molecule has 4 amide bonds. The van der Waals surface area contributed by atoms with Crippen LogP contribution in [0.25, 0.3) is 0 Å². The number of alkyl carbamates (subject to hydrolysis) is 1. The molecule has 1 aromatic rings. The molecule has 1 heterocycles. The molecule has 0 fully saturated rings. The van der Waals surface area contributed by atoms with Crippen LogP contribution >= 0.6 is 0 Å². The highest BCUT2D eigenvalue weighted by atomic mass is 16.7. The maximum Gasteiger partial charge on any atom is 0.408 e. The lowest BCUT2D eigenvalue weighted by Crippen LogP contribution is -2.55. The summed E-state index contributed by atoms with van der Waals surface area (Å²) in [5, 5.41) is 6.52. The molecular formula is C29H44N4O6. The van der Waals surface area contributed by atoms with Crippen molar-refractivity contribution in [3.8, 4) is 0 Å². The molecule has 0 bridgehead atoms. The molecular weight excluding hydrogens is 500 g/mol. The summed E-state index contributed by atoms with van der Waals surface area (Å²) >= 11 is 0. The normalized spacial score (nSPS) is 23.9. The monoisotopic (exact) mass is 544 g/mol. The average molecular weight is 545 g/mol. The number of likely N-dealkylation sites (N-methyl/N-ethyl adjacent to an activating group) is 1. The van der Waals surface area contributed by atoms with Gasteiger partial charge in [-0.25, -0.2) is 9.86 Å². The van der Waals surface area contributed by atoms with Crippen molar-refractivity contribution in [2.75, 3.05) is 28.3 Å². The summed E-state index contributed by atoms with van der Waals surface area (Å²) in [5.41, 5.74) is 1.04. The van der Waals surface area contributed by atoms with Gasteiger partial charge in [-0.05, 0) is 43.6 Å². The van der Waals surface area contributed by atoms with E-state index in [9.17, 15) is 19.2 Å². The van der Waals surface area contributed by atoms with Gasteiger partial charge in [-0.15, -0.1) is 0 Å². The molecule has 216 valence electrons. The molecule has 2 N–H and O–H groups in total. The smallest absolute Gasteiger partial charge is 0.408 e. The van der Waals surface area contributed by atoms with Crippen LogP contribution in [0.2, 0.25) is 0 Å². The van der Waals surface area contributed by atoms with Gasteiger partial charge in [0.25, 0.3) is 5.91 Å². The molecule has 1 aromatic carbocycles. The Bertz CT molecular complexity index is 981. The molecule has 10 heteroatoms. The minimum absolute atomic E-state index is 0.0753. The topological polar surface area (TPSA) is 117 Å². The van der Waals surface area contributed by atoms with Gasteiger partial charge in [0.1, 0.15) is 18.2 Å². The first-order chi connectivity index (χ1) is 18.5. The molecule has 0 aromatic heterocycles. The van der Waals surface area contributed by atoms with Crippen molar-refractivity contribution in [2.45, 2.75) is 70.6 Å². The van der Waals surface area contributed by atoms with Crippen LogP contribution in [-0.4, -0.2) is 80.2 Å². The Balaban J connectivity index is 2.40. The maximum atomic E-state index is 13.4. The first kappa shape index (κ1) is 31.8. The third kappa shape index (κ3) is 10.7. The van der Waals surface area contributed by atoms with E-state index in [1.807, 2.05) is 56.3 Å². The van der Waals surface area contributed by atoms with Gasteiger partial charge in [-0.2, -0.15) is 0 Å². The Morgan fingerprint density at radius 3 is 2.36 bits per heavy atom. The van der Waals surface area contributed by atoms with Gasteiger partial charge in [-0.1, -0.05) is 56.3 Å². The standard InChI is InChI=1S/C29H44N4O6/c1-20(2)17-24-26(34)30-25(28(36)33(5)38-6)19-22(27(35)32(3)4)15-11-8-12-16-23(39-29(37)31-24)18-21-13-9-7-10-14-21/h7-11,13-14,20,22-25H,12,15-19H2,1-6H3,(H,30,34)(H,31,37)/b11-8+/t22?,23?,24-,25+/m1/s1. The van der Waals surface area contributed by atoms with Crippen LogP contribution in [0.3, 0.4) is 0 Å². The van der Waals surface area contributed by atoms with Crippen LogP contribution < -0.4 is 10.6 Å². The summed E-state index contributed by atoms with van der Waals surface area (Å²) in [4.78, 5) is 59.2. The number of ether oxygens (including phenoxy) is 1. The van der Waals surface area contributed by atoms with E-state index >= 15 is 0 Å². The molecule has 1 aliphatic heterocycles. The highest BCUT2D eigenvalue weighted by Gasteiger charge is 2.34. The molecule has 4 atom stereocenters. The predicted octanol–water partition coefficient (Wildman–Crippen LogP) is 3.08. The number of amides is 4. The van der Waals surface area contributed by atoms with Gasteiger partial charge in [0.2, 0.25) is 11.8 Å². The van der Waals surface area contributed by atoms with E-state index in [1.165, 1.54) is 19.1 Å². The number of hydrogen-bond acceptors (Lipinski definition) is 6. The number of carbonyl (C=O) groups excluding carboxylic acids is 4. The maximum absolute atomic E-state index is 13.4. The number of nitrogens with zero attached hydrogens (tertiary/aromatic N) is 2. The van der Waals surface area contributed by atoms with Crippen LogP contribution in [0, 0.1) is 11.8 Å². The fourth-order valence-electron chi connectivity index (χ4n) is 4.52. The molecule has 0 spiro atoms. The van der Waals surface area contributed by atoms with Gasteiger partial charge >= 0.3 is 6.09 Å². The summed E-state index contributed by atoms with van der Waals surface area (Å²) in [6, 6.07) is 7.80. The number of carbonyl (C=O) groups is 4. The van der Waals surface area contributed by atoms with Gasteiger partial charge in [0.15, 0.2) is 0 Å². The molecule has 0 radical (unpaired) electrons. The van der Waals surface area contributed by atoms with Crippen molar-refractivity contribution < 1.29 is 28.8 Å². The first-order valence-corrected chi connectivity index (χ1v) is 13.5. The Labute approximate surface area is 232 Å². The molecule has 10 nitrogen and oxygen atoms in total. The van der Waals surface area contributed by atoms with E-state index < -0.39 is 42.0 Å². The van der Waals surface area contributed by atoms with E-state index in [0.717, 1.165) is 10.6 Å². The average Bonchev–Trinajstić information content (AvgIpc) is 2.89. The van der Waals surface area contributed by atoms with Crippen molar-refractivity contribution in [3.05, 3.63) is 48.0 Å². The lowest BCUT2D eigenvalue weighted by molar-refractivity contribution is -0.172. The summed E-state index contributed by atoms with van der Waals surface area (Å²) in [5.74, 6) is -1.64.